The highest BCUT2D eigenvalue weighted by molar-refractivity contribution is 6.69. The molecule has 0 amide bonds. The van der Waals surface area contributed by atoms with Crippen molar-refractivity contribution >= 4 is 16.8 Å². The van der Waals surface area contributed by atoms with Crippen molar-refractivity contribution in [3.63, 3.8) is 0 Å². The predicted molar refractivity (Wildman–Crippen MR) is 50.0 cm³/mol. The maximum Gasteiger partial charge on any atom is 0.175 e. The molecule has 0 aliphatic carbocycles. The van der Waals surface area contributed by atoms with E-state index in [4.69, 9.17) is 16.8 Å². The van der Waals surface area contributed by atoms with Gasteiger partial charge in [-0.05, 0) is 12.0 Å². The molecule has 0 fully saturated rings. The van der Waals surface area contributed by atoms with Crippen LogP contribution in [-0.4, -0.2) is 10.4 Å². The van der Waals surface area contributed by atoms with Crippen LogP contribution in [-0.2, 0) is 6.42 Å². The number of nitrogens with zero attached hydrogens (tertiary/aromatic N) is 1. The van der Waals surface area contributed by atoms with Gasteiger partial charge in [0.2, 0.25) is 0 Å². The molecule has 2 nitrogen and oxygen atoms in total. The van der Waals surface area contributed by atoms with Crippen LogP contribution in [0.4, 0.5) is 0 Å². The van der Waals surface area contributed by atoms with Crippen molar-refractivity contribution in [1.29, 1.82) is 0 Å². The zero-order chi connectivity index (χ0) is 8.97. The number of benzene rings is 1. The van der Waals surface area contributed by atoms with Crippen LogP contribution in [0.5, 0.6) is 0 Å². The number of rotatable bonds is 2. The molecule has 0 atom stereocenters. The minimum absolute atomic E-state index is 0.123. The van der Waals surface area contributed by atoms with Gasteiger partial charge in [-0.15, -0.1) is 0 Å². The van der Waals surface area contributed by atoms with Gasteiger partial charge in [0, 0.05) is 5.56 Å². The SMILES string of the molecule is CCc1ccc(/C(Cl)=N\O)cc1. The third kappa shape index (κ3) is 1.98. The molecule has 3 heteroatoms. The smallest absolute Gasteiger partial charge is 0.175 e. The fourth-order valence-corrected chi connectivity index (χ4v) is 1.06. The van der Waals surface area contributed by atoms with E-state index < -0.39 is 0 Å². The molecular weight excluding hydrogens is 174 g/mol. The average molecular weight is 184 g/mol. The van der Waals surface area contributed by atoms with Gasteiger partial charge in [-0.2, -0.15) is 0 Å². The van der Waals surface area contributed by atoms with E-state index in [0.717, 1.165) is 12.0 Å². The minimum Gasteiger partial charge on any atom is -0.410 e. The highest BCUT2D eigenvalue weighted by Crippen LogP contribution is 2.08. The van der Waals surface area contributed by atoms with Crippen molar-refractivity contribution in [1.82, 2.24) is 0 Å². The van der Waals surface area contributed by atoms with E-state index in [0.29, 0.717) is 0 Å². The van der Waals surface area contributed by atoms with Crippen LogP contribution in [0.1, 0.15) is 18.1 Å². The number of aryl methyl sites for hydroxylation is 1. The van der Waals surface area contributed by atoms with E-state index in [1.165, 1.54) is 5.56 Å². The first-order chi connectivity index (χ1) is 5.77. The van der Waals surface area contributed by atoms with Crippen LogP contribution < -0.4 is 0 Å². The minimum atomic E-state index is 0.123. The predicted octanol–water partition coefficient (Wildman–Crippen LogP) is 2.62. The van der Waals surface area contributed by atoms with Gasteiger partial charge in [0.05, 0.1) is 0 Å². The Hall–Kier alpha value is -1.02. The molecule has 1 N–H and O–H groups in total. The van der Waals surface area contributed by atoms with Crippen LogP contribution in [0.25, 0.3) is 0 Å². The van der Waals surface area contributed by atoms with Crippen molar-refractivity contribution in [2.45, 2.75) is 13.3 Å². The molecule has 0 spiro atoms. The third-order valence-corrected chi connectivity index (χ3v) is 1.98. The van der Waals surface area contributed by atoms with E-state index >= 15 is 0 Å². The lowest BCUT2D eigenvalue weighted by molar-refractivity contribution is 0.321. The van der Waals surface area contributed by atoms with Crippen LogP contribution in [0.15, 0.2) is 29.4 Å². The van der Waals surface area contributed by atoms with E-state index in [1.807, 2.05) is 24.3 Å². The lowest BCUT2D eigenvalue weighted by atomic mass is 10.1. The molecule has 0 bridgehead atoms. The van der Waals surface area contributed by atoms with Gasteiger partial charge in [0.25, 0.3) is 0 Å². The molecule has 0 aliphatic rings. The summed E-state index contributed by atoms with van der Waals surface area (Å²) in [5, 5.41) is 11.4. The van der Waals surface area contributed by atoms with Crippen molar-refractivity contribution in [3.05, 3.63) is 35.4 Å². The highest BCUT2D eigenvalue weighted by Gasteiger charge is 1.98. The number of hydrogen-bond donors (Lipinski definition) is 1. The summed E-state index contributed by atoms with van der Waals surface area (Å²) in [6, 6.07) is 7.59. The molecule has 0 aromatic heterocycles. The first-order valence-electron chi connectivity index (χ1n) is 3.74. The maximum atomic E-state index is 8.37. The first-order valence-corrected chi connectivity index (χ1v) is 4.12. The summed E-state index contributed by atoms with van der Waals surface area (Å²) in [7, 11) is 0. The van der Waals surface area contributed by atoms with Crippen LogP contribution in [0.2, 0.25) is 0 Å². The topological polar surface area (TPSA) is 32.6 Å². The monoisotopic (exact) mass is 183 g/mol. The van der Waals surface area contributed by atoms with Gasteiger partial charge >= 0.3 is 0 Å². The number of hydrogen-bond acceptors (Lipinski definition) is 2. The molecule has 64 valence electrons. The Morgan fingerprint density at radius 2 is 2.00 bits per heavy atom. The Morgan fingerprint density at radius 3 is 2.42 bits per heavy atom. The Bertz CT molecular complexity index is 279. The molecule has 0 aliphatic heterocycles. The summed E-state index contributed by atoms with van der Waals surface area (Å²) in [6.45, 7) is 2.08. The van der Waals surface area contributed by atoms with E-state index in [-0.39, 0.29) is 5.17 Å². The molecule has 0 saturated carbocycles. The summed E-state index contributed by atoms with van der Waals surface area (Å²) in [4.78, 5) is 0. The number of halogens is 1. The first kappa shape index (κ1) is 9.07. The fraction of sp³-hybridized carbons (Fsp3) is 0.222. The van der Waals surface area contributed by atoms with E-state index in [2.05, 4.69) is 12.1 Å². The number of oxime groups is 1. The Balaban J connectivity index is 2.92. The zero-order valence-corrected chi connectivity index (χ0v) is 7.54. The van der Waals surface area contributed by atoms with Crippen molar-refractivity contribution < 1.29 is 5.21 Å². The summed E-state index contributed by atoms with van der Waals surface area (Å²) in [5.41, 5.74) is 1.97. The Kier molecular flexibility index (Phi) is 3.11. The summed E-state index contributed by atoms with van der Waals surface area (Å²) in [6.07, 6.45) is 0.994. The van der Waals surface area contributed by atoms with Gasteiger partial charge in [0.1, 0.15) is 0 Å². The Labute approximate surface area is 76.5 Å². The lowest BCUT2D eigenvalue weighted by Crippen LogP contribution is -1.90. The van der Waals surface area contributed by atoms with Crippen LogP contribution in [0, 0.1) is 0 Å². The van der Waals surface area contributed by atoms with Gasteiger partial charge in [-0.1, -0.05) is 47.9 Å². The molecule has 0 radical (unpaired) electrons. The van der Waals surface area contributed by atoms with Gasteiger partial charge < -0.3 is 5.21 Å². The standard InChI is InChI=1S/C9H10ClNO/c1-2-7-3-5-8(6-4-7)9(10)11-12/h3-6,12H,2H2,1H3/b11-9+. The Morgan fingerprint density at radius 1 is 1.42 bits per heavy atom. The second kappa shape index (κ2) is 4.12. The summed E-state index contributed by atoms with van der Waals surface area (Å²) >= 11 is 5.59. The summed E-state index contributed by atoms with van der Waals surface area (Å²) < 4.78 is 0. The quantitative estimate of drug-likeness (QED) is 0.427. The molecule has 0 unspecified atom stereocenters. The van der Waals surface area contributed by atoms with Crippen molar-refractivity contribution in [2.75, 3.05) is 0 Å². The molecule has 0 saturated heterocycles. The molecule has 12 heavy (non-hydrogen) atoms. The average Bonchev–Trinajstić information content (AvgIpc) is 2.17. The molecular formula is C9H10ClNO. The van der Waals surface area contributed by atoms with Crippen LogP contribution in [0.3, 0.4) is 0 Å². The summed E-state index contributed by atoms with van der Waals surface area (Å²) in [5.74, 6) is 0. The fourth-order valence-electron chi connectivity index (χ4n) is 0.936. The molecule has 1 rings (SSSR count). The normalized spacial score (nSPS) is 11.7. The van der Waals surface area contributed by atoms with Crippen molar-refractivity contribution in [3.8, 4) is 0 Å². The molecule has 1 aromatic carbocycles. The van der Waals surface area contributed by atoms with Gasteiger partial charge in [-0.25, -0.2) is 0 Å². The zero-order valence-electron chi connectivity index (χ0n) is 6.79. The molecule has 0 heterocycles. The largest absolute Gasteiger partial charge is 0.410 e. The van der Waals surface area contributed by atoms with Gasteiger partial charge in [0.15, 0.2) is 5.17 Å². The van der Waals surface area contributed by atoms with E-state index in [9.17, 15) is 0 Å². The van der Waals surface area contributed by atoms with E-state index in [1.54, 1.807) is 0 Å². The highest BCUT2D eigenvalue weighted by atomic mass is 35.5. The maximum absolute atomic E-state index is 8.37. The second-order valence-electron chi connectivity index (χ2n) is 2.44. The van der Waals surface area contributed by atoms with Gasteiger partial charge in [-0.3, -0.25) is 0 Å². The second-order valence-corrected chi connectivity index (χ2v) is 2.80. The van der Waals surface area contributed by atoms with Crippen LogP contribution >= 0.6 is 11.6 Å². The van der Waals surface area contributed by atoms with Crippen molar-refractivity contribution in [2.24, 2.45) is 5.16 Å². The third-order valence-electron chi connectivity index (χ3n) is 1.69. The lowest BCUT2D eigenvalue weighted by Gasteiger charge is -1.98. The molecule has 1 aromatic rings.